The Balaban J connectivity index is 1.92. The molecule has 0 unspecified atom stereocenters. The highest BCUT2D eigenvalue weighted by molar-refractivity contribution is 5.97. The van der Waals surface area contributed by atoms with Gasteiger partial charge in [-0.3, -0.25) is 33.6 Å². The lowest BCUT2D eigenvalue weighted by molar-refractivity contribution is -0.145. The number of nitrogens with one attached hydrogen (secondary N) is 5. The molecule has 18 nitrogen and oxygen atoms in total. The van der Waals surface area contributed by atoms with Crippen molar-refractivity contribution in [3.63, 3.8) is 0 Å². The smallest absolute Gasteiger partial charge is 0.326 e. The maximum Gasteiger partial charge on any atom is 0.326 e. The van der Waals surface area contributed by atoms with Gasteiger partial charge in [0.25, 0.3) is 0 Å². The zero-order valence-electron chi connectivity index (χ0n) is 34.3. The molecule has 1 aliphatic heterocycles. The van der Waals surface area contributed by atoms with E-state index in [1.807, 2.05) is 13.8 Å². The molecule has 328 valence electrons. The average Bonchev–Trinajstić information content (AvgIpc) is 3.71. The Labute approximate surface area is 350 Å². The summed E-state index contributed by atoms with van der Waals surface area (Å²) in [6, 6.07) is 10.5. The van der Waals surface area contributed by atoms with Crippen LogP contribution in [0.4, 0.5) is 0 Å². The summed E-state index contributed by atoms with van der Waals surface area (Å²) < 4.78 is 0. The Kier molecular flexibility index (Phi) is 20.1. The number of carboxylic acids is 2. The molecule has 6 amide bonds. The fourth-order valence-electron chi connectivity index (χ4n) is 6.94. The minimum Gasteiger partial charge on any atom is -0.481 e. The molecule has 6 atom stereocenters. The van der Waals surface area contributed by atoms with Crippen LogP contribution in [0.15, 0.2) is 60.7 Å². The Hall–Kier alpha value is -5.88. The monoisotopic (exact) mass is 836 g/mol. The van der Waals surface area contributed by atoms with Gasteiger partial charge in [0.05, 0.1) is 6.54 Å². The van der Waals surface area contributed by atoms with Crippen LogP contribution >= 0.6 is 0 Å². The zero-order valence-corrected chi connectivity index (χ0v) is 34.3. The predicted octanol–water partition coefficient (Wildman–Crippen LogP) is -0.0300. The summed E-state index contributed by atoms with van der Waals surface area (Å²) in [6.45, 7) is 3.73. The van der Waals surface area contributed by atoms with Crippen molar-refractivity contribution in [1.82, 2.24) is 31.5 Å². The molecule has 2 aromatic carbocycles. The van der Waals surface area contributed by atoms with E-state index < -0.39 is 96.6 Å². The van der Waals surface area contributed by atoms with Crippen LogP contribution in [0.1, 0.15) is 76.3 Å². The third-order valence-corrected chi connectivity index (χ3v) is 10.0. The standard InChI is InChI=1S/C42H60N8O10/c1-26(2)22-31(47-37(54)29(18-19-36(52)53)45-35(51)25-44)38(55)48-32(23-27-12-5-3-6-13-27)39(56)49-33(24-28-14-7-4-8-15-28)41(58)50-21-11-17-34(50)40(57)46-30(42(59)60)16-9-10-20-43/h3-8,12-15,26,29-34H,9-11,16-25,43-44H2,1-2H3,(H,45,51)(H,46,57)(H,47,54)(H,48,55)(H,49,56)(H,52,53)(H,59,60)/t29-,30-,31-,32-,33-,34-/m0/s1. The molecule has 0 aliphatic carbocycles. The van der Waals surface area contributed by atoms with Gasteiger partial charge < -0.3 is 53.2 Å². The molecule has 0 aromatic heterocycles. The van der Waals surface area contributed by atoms with Crippen LogP contribution in [0.25, 0.3) is 0 Å². The lowest BCUT2D eigenvalue weighted by Gasteiger charge is -2.31. The molecule has 18 heteroatoms. The van der Waals surface area contributed by atoms with E-state index in [0.717, 1.165) is 0 Å². The van der Waals surface area contributed by atoms with E-state index >= 15 is 0 Å². The fourth-order valence-corrected chi connectivity index (χ4v) is 6.94. The van der Waals surface area contributed by atoms with Crippen molar-refractivity contribution >= 4 is 47.4 Å². The summed E-state index contributed by atoms with van der Waals surface area (Å²) >= 11 is 0. The van der Waals surface area contributed by atoms with Crippen molar-refractivity contribution in [2.45, 2.75) is 114 Å². The number of nitrogens with two attached hydrogens (primary N) is 2. The Bertz CT molecular complexity index is 1760. The largest absolute Gasteiger partial charge is 0.481 e. The summed E-state index contributed by atoms with van der Waals surface area (Å²) in [5, 5.41) is 32.2. The van der Waals surface area contributed by atoms with Gasteiger partial charge in [0.15, 0.2) is 0 Å². The van der Waals surface area contributed by atoms with Crippen molar-refractivity contribution in [1.29, 1.82) is 0 Å². The van der Waals surface area contributed by atoms with E-state index in [-0.39, 0.29) is 51.0 Å². The number of unbranched alkanes of at least 4 members (excludes halogenated alkanes) is 1. The zero-order chi connectivity index (χ0) is 44.2. The molecule has 1 saturated heterocycles. The van der Waals surface area contributed by atoms with Gasteiger partial charge in [-0.05, 0) is 68.5 Å². The second-order valence-electron chi connectivity index (χ2n) is 15.3. The molecule has 0 bridgehead atoms. The number of hydrogen-bond acceptors (Lipinski definition) is 10. The van der Waals surface area contributed by atoms with Crippen molar-refractivity contribution in [2.24, 2.45) is 17.4 Å². The van der Waals surface area contributed by atoms with Crippen molar-refractivity contribution in [3.8, 4) is 0 Å². The Morgan fingerprint density at radius 3 is 1.78 bits per heavy atom. The fraction of sp³-hybridized carbons (Fsp3) is 0.524. The first kappa shape index (κ1) is 48.5. The minimum atomic E-state index is -1.31. The first-order chi connectivity index (χ1) is 28.6. The van der Waals surface area contributed by atoms with Gasteiger partial charge in [-0.2, -0.15) is 0 Å². The second-order valence-corrected chi connectivity index (χ2v) is 15.3. The van der Waals surface area contributed by atoms with E-state index in [1.54, 1.807) is 60.7 Å². The Morgan fingerprint density at radius 2 is 1.23 bits per heavy atom. The van der Waals surface area contributed by atoms with Crippen molar-refractivity contribution in [3.05, 3.63) is 71.8 Å². The lowest BCUT2D eigenvalue weighted by atomic mass is 9.99. The van der Waals surface area contributed by atoms with Gasteiger partial charge in [-0.15, -0.1) is 0 Å². The second kappa shape index (κ2) is 24.9. The maximum atomic E-state index is 14.4. The molecule has 0 radical (unpaired) electrons. The van der Waals surface area contributed by atoms with Gasteiger partial charge >= 0.3 is 11.9 Å². The highest BCUT2D eigenvalue weighted by Crippen LogP contribution is 2.21. The van der Waals surface area contributed by atoms with Gasteiger partial charge in [-0.1, -0.05) is 74.5 Å². The number of aliphatic carboxylic acids is 2. The molecule has 0 saturated carbocycles. The van der Waals surface area contributed by atoms with Crippen molar-refractivity contribution < 1.29 is 48.6 Å². The van der Waals surface area contributed by atoms with Gasteiger partial charge in [0.1, 0.15) is 36.3 Å². The molecule has 2 aromatic rings. The highest BCUT2D eigenvalue weighted by atomic mass is 16.4. The van der Waals surface area contributed by atoms with Crippen LogP contribution in [-0.4, -0.2) is 118 Å². The average molecular weight is 837 g/mol. The highest BCUT2D eigenvalue weighted by Gasteiger charge is 2.40. The van der Waals surface area contributed by atoms with E-state index in [2.05, 4.69) is 26.6 Å². The van der Waals surface area contributed by atoms with E-state index in [1.165, 1.54) is 4.90 Å². The molecular formula is C42H60N8O10. The number of carboxylic acid groups (broad SMARTS) is 2. The van der Waals surface area contributed by atoms with Gasteiger partial charge in [0, 0.05) is 25.8 Å². The van der Waals surface area contributed by atoms with Crippen LogP contribution in [0.3, 0.4) is 0 Å². The number of carbonyl (C=O) groups excluding carboxylic acids is 6. The molecule has 1 aliphatic rings. The molecule has 1 fully saturated rings. The number of hydrogen-bond donors (Lipinski definition) is 9. The number of nitrogens with zero attached hydrogens (tertiary/aromatic N) is 1. The number of amides is 6. The number of rotatable bonds is 25. The number of carbonyl (C=O) groups is 8. The molecule has 11 N–H and O–H groups in total. The normalized spacial score (nSPS) is 16.1. The summed E-state index contributed by atoms with van der Waals surface area (Å²) in [6.07, 6.45) is 1.36. The van der Waals surface area contributed by atoms with Gasteiger partial charge in [-0.25, -0.2) is 4.79 Å². The first-order valence-electron chi connectivity index (χ1n) is 20.4. The number of benzene rings is 2. The SMILES string of the molecule is CC(C)C[C@H](NC(=O)[C@H](CCC(=O)O)NC(=O)CN)C(=O)N[C@@H](Cc1ccccc1)C(=O)N[C@@H](Cc1ccccc1)C(=O)N1CCC[C@H]1C(=O)N[C@@H](CCCCN)C(=O)O. The van der Waals surface area contributed by atoms with E-state index in [0.29, 0.717) is 36.9 Å². The minimum absolute atomic E-state index is 0.0176. The molecule has 1 heterocycles. The predicted molar refractivity (Wildman–Crippen MR) is 221 cm³/mol. The molecular weight excluding hydrogens is 777 g/mol. The molecule has 60 heavy (non-hydrogen) atoms. The summed E-state index contributed by atoms with van der Waals surface area (Å²) in [7, 11) is 0. The number of likely N-dealkylation sites (tertiary alicyclic amines) is 1. The summed E-state index contributed by atoms with van der Waals surface area (Å²) in [5.74, 6) is -6.72. The van der Waals surface area contributed by atoms with Crippen LogP contribution in [0.5, 0.6) is 0 Å². The van der Waals surface area contributed by atoms with Crippen LogP contribution in [0, 0.1) is 5.92 Å². The van der Waals surface area contributed by atoms with Crippen molar-refractivity contribution in [2.75, 3.05) is 19.6 Å². The topological polar surface area (TPSA) is 292 Å². The Morgan fingerprint density at radius 1 is 0.683 bits per heavy atom. The van der Waals surface area contributed by atoms with E-state index in [9.17, 15) is 48.6 Å². The maximum absolute atomic E-state index is 14.4. The van der Waals surface area contributed by atoms with Gasteiger partial charge in [0.2, 0.25) is 35.4 Å². The first-order valence-corrected chi connectivity index (χ1v) is 20.4. The van der Waals surface area contributed by atoms with Crippen LogP contribution in [0.2, 0.25) is 0 Å². The molecule has 0 spiro atoms. The summed E-state index contributed by atoms with van der Waals surface area (Å²) in [4.78, 5) is 107. The third kappa shape index (κ3) is 16.1. The molecule has 3 rings (SSSR count). The van der Waals surface area contributed by atoms with Crippen LogP contribution < -0.4 is 38.1 Å². The van der Waals surface area contributed by atoms with E-state index in [4.69, 9.17) is 11.5 Å². The summed E-state index contributed by atoms with van der Waals surface area (Å²) in [5.41, 5.74) is 12.3. The lowest BCUT2D eigenvalue weighted by Crippen LogP contribution is -2.60. The third-order valence-electron chi connectivity index (χ3n) is 10.0. The van der Waals surface area contributed by atoms with Crippen LogP contribution in [-0.2, 0) is 51.2 Å². The quantitative estimate of drug-likeness (QED) is 0.0596.